The summed E-state index contributed by atoms with van der Waals surface area (Å²) in [5.74, 6) is 0.639. The summed E-state index contributed by atoms with van der Waals surface area (Å²) in [4.78, 5) is 12.3. The molecule has 18 heavy (non-hydrogen) atoms. The van der Waals surface area contributed by atoms with Crippen LogP contribution in [-0.4, -0.2) is 5.78 Å². The van der Waals surface area contributed by atoms with Gasteiger partial charge in [0.25, 0.3) is 0 Å². The van der Waals surface area contributed by atoms with E-state index >= 15 is 0 Å². The van der Waals surface area contributed by atoms with E-state index in [-0.39, 0.29) is 5.78 Å². The Kier molecular flexibility index (Phi) is 3.81. The van der Waals surface area contributed by atoms with Gasteiger partial charge in [0, 0.05) is 11.1 Å². The molecule has 1 aliphatic carbocycles. The zero-order valence-corrected chi connectivity index (χ0v) is 11.4. The highest BCUT2D eigenvalue weighted by atomic mass is 16.1. The minimum Gasteiger partial charge on any atom is -0.289 e. The van der Waals surface area contributed by atoms with Crippen LogP contribution in [0.2, 0.25) is 0 Å². The number of carbonyl (C=O) groups excluding carboxylic acids is 1. The van der Waals surface area contributed by atoms with Crippen molar-refractivity contribution in [2.75, 3.05) is 0 Å². The SMILES string of the molecule is CCCC(C)/C=C1\C=c2ccccc2=C(C)C1=O. The van der Waals surface area contributed by atoms with Crippen LogP contribution in [0.25, 0.3) is 11.6 Å². The summed E-state index contributed by atoms with van der Waals surface area (Å²) in [5.41, 5.74) is 1.72. The van der Waals surface area contributed by atoms with Gasteiger partial charge in [-0.25, -0.2) is 0 Å². The number of ketones is 1. The van der Waals surface area contributed by atoms with E-state index in [1.807, 2.05) is 31.2 Å². The van der Waals surface area contributed by atoms with Crippen molar-refractivity contribution in [1.82, 2.24) is 0 Å². The monoisotopic (exact) mass is 240 g/mol. The molecule has 94 valence electrons. The van der Waals surface area contributed by atoms with E-state index in [4.69, 9.17) is 0 Å². The molecule has 1 atom stereocenters. The third kappa shape index (κ3) is 2.45. The smallest absolute Gasteiger partial charge is 0.189 e. The van der Waals surface area contributed by atoms with Gasteiger partial charge >= 0.3 is 0 Å². The zero-order chi connectivity index (χ0) is 13.1. The summed E-state index contributed by atoms with van der Waals surface area (Å²) in [6.45, 7) is 6.27. The second-order valence-corrected chi connectivity index (χ2v) is 5.07. The molecule has 0 bridgehead atoms. The van der Waals surface area contributed by atoms with Gasteiger partial charge in [-0.15, -0.1) is 0 Å². The molecular formula is C17H20O. The summed E-state index contributed by atoms with van der Waals surface area (Å²) in [6.07, 6.45) is 6.42. The van der Waals surface area contributed by atoms with Gasteiger partial charge in [0.1, 0.15) is 0 Å². The maximum atomic E-state index is 12.3. The van der Waals surface area contributed by atoms with Gasteiger partial charge in [0.15, 0.2) is 5.78 Å². The minimum atomic E-state index is 0.177. The first-order chi connectivity index (χ1) is 8.63. The molecule has 0 aromatic heterocycles. The fourth-order valence-corrected chi connectivity index (χ4v) is 2.51. The lowest BCUT2D eigenvalue weighted by molar-refractivity contribution is -0.110. The molecule has 1 aromatic carbocycles. The van der Waals surface area contributed by atoms with Crippen molar-refractivity contribution < 1.29 is 4.79 Å². The maximum Gasteiger partial charge on any atom is 0.189 e. The van der Waals surface area contributed by atoms with Crippen LogP contribution in [0.5, 0.6) is 0 Å². The highest BCUT2D eigenvalue weighted by Gasteiger charge is 2.15. The Morgan fingerprint density at radius 2 is 2.00 bits per heavy atom. The Labute approximate surface area is 109 Å². The van der Waals surface area contributed by atoms with Crippen LogP contribution in [0, 0.1) is 5.92 Å². The zero-order valence-electron chi connectivity index (χ0n) is 11.4. The molecule has 0 heterocycles. The van der Waals surface area contributed by atoms with Gasteiger partial charge < -0.3 is 0 Å². The van der Waals surface area contributed by atoms with Crippen LogP contribution in [0.4, 0.5) is 0 Å². The Bertz CT molecular complexity index is 605. The van der Waals surface area contributed by atoms with E-state index in [1.165, 1.54) is 0 Å². The molecule has 0 radical (unpaired) electrons. The summed E-state index contributed by atoms with van der Waals surface area (Å²) in [7, 11) is 0. The number of benzene rings is 1. The topological polar surface area (TPSA) is 17.1 Å². The summed E-state index contributed by atoms with van der Waals surface area (Å²) >= 11 is 0. The van der Waals surface area contributed by atoms with Crippen molar-refractivity contribution in [1.29, 1.82) is 0 Å². The minimum absolute atomic E-state index is 0.177. The highest BCUT2D eigenvalue weighted by Crippen LogP contribution is 2.15. The first-order valence-electron chi connectivity index (χ1n) is 6.67. The molecule has 1 aromatic rings. The lowest BCUT2D eigenvalue weighted by Gasteiger charge is -2.11. The van der Waals surface area contributed by atoms with Crippen LogP contribution in [-0.2, 0) is 4.79 Å². The summed E-state index contributed by atoms with van der Waals surface area (Å²) in [6, 6.07) is 8.10. The van der Waals surface area contributed by atoms with Crippen LogP contribution >= 0.6 is 0 Å². The van der Waals surface area contributed by atoms with Crippen LogP contribution in [0.1, 0.15) is 33.6 Å². The second-order valence-electron chi connectivity index (χ2n) is 5.07. The van der Waals surface area contributed by atoms with Crippen molar-refractivity contribution in [3.05, 3.63) is 46.4 Å². The van der Waals surface area contributed by atoms with Gasteiger partial charge in [-0.3, -0.25) is 4.79 Å². The van der Waals surface area contributed by atoms with E-state index in [2.05, 4.69) is 26.0 Å². The predicted octanol–water partition coefficient (Wildman–Crippen LogP) is 2.58. The standard InChI is InChI=1S/C17H20O/c1-4-7-12(2)10-15-11-14-8-5-6-9-16(14)13(3)17(15)18/h5-6,8-12H,4,7H2,1-3H3/b15-10+. The van der Waals surface area contributed by atoms with E-state index < -0.39 is 0 Å². The molecule has 1 unspecified atom stereocenters. The van der Waals surface area contributed by atoms with E-state index in [1.54, 1.807) is 0 Å². The first kappa shape index (κ1) is 12.8. The molecule has 0 saturated carbocycles. The maximum absolute atomic E-state index is 12.3. The molecule has 0 fully saturated rings. The molecule has 1 heteroatoms. The first-order valence-corrected chi connectivity index (χ1v) is 6.67. The largest absolute Gasteiger partial charge is 0.289 e. The van der Waals surface area contributed by atoms with E-state index in [0.29, 0.717) is 5.92 Å². The number of fused-ring (bicyclic) bond motifs is 1. The Balaban J connectivity index is 2.51. The second kappa shape index (κ2) is 5.34. The lowest BCUT2D eigenvalue weighted by atomic mass is 9.92. The molecule has 0 saturated heterocycles. The molecule has 0 N–H and O–H groups in total. The normalized spacial score (nSPS) is 18.5. The number of allylic oxidation sites excluding steroid dienone is 2. The average molecular weight is 240 g/mol. The Morgan fingerprint density at radius 3 is 2.72 bits per heavy atom. The fraction of sp³-hybridized carbons (Fsp3) is 0.353. The molecule has 0 amide bonds. The van der Waals surface area contributed by atoms with Crippen LogP contribution in [0.3, 0.4) is 0 Å². The van der Waals surface area contributed by atoms with Gasteiger partial charge in [-0.2, -0.15) is 0 Å². The lowest BCUT2D eigenvalue weighted by Crippen LogP contribution is -2.33. The molecule has 1 aliphatic rings. The van der Waals surface area contributed by atoms with Gasteiger partial charge in [0.05, 0.1) is 0 Å². The molecule has 2 rings (SSSR count). The van der Waals surface area contributed by atoms with Gasteiger partial charge in [-0.1, -0.05) is 50.6 Å². The summed E-state index contributed by atoms with van der Waals surface area (Å²) in [5, 5.41) is 2.23. The van der Waals surface area contributed by atoms with Gasteiger partial charge in [0.2, 0.25) is 0 Å². The van der Waals surface area contributed by atoms with Gasteiger partial charge in [-0.05, 0) is 35.8 Å². The molecule has 1 nitrogen and oxygen atoms in total. The van der Waals surface area contributed by atoms with E-state index in [9.17, 15) is 4.79 Å². The number of hydrogen-bond donors (Lipinski definition) is 0. The van der Waals surface area contributed by atoms with Crippen LogP contribution in [0.15, 0.2) is 35.9 Å². The Morgan fingerprint density at radius 1 is 1.28 bits per heavy atom. The third-order valence-corrected chi connectivity index (χ3v) is 3.49. The van der Waals surface area contributed by atoms with Crippen molar-refractivity contribution in [2.24, 2.45) is 5.92 Å². The predicted molar refractivity (Wildman–Crippen MR) is 76.4 cm³/mol. The quantitative estimate of drug-likeness (QED) is 0.742. The average Bonchev–Trinajstić information content (AvgIpc) is 2.36. The molecule has 0 spiro atoms. The third-order valence-electron chi connectivity index (χ3n) is 3.49. The van der Waals surface area contributed by atoms with Crippen molar-refractivity contribution in [2.45, 2.75) is 33.6 Å². The highest BCUT2D eigenvalue weighted by molar-refractivity contribution is 6.27. The number of hydrogen-bond acceptors (Lipinski definition) is 1. The molecule has 0 aliphatic heterocycles. The number of carbonyl (C=O) groups is 1. The summed E-state index contributed by atoms with van der Waals surface area (Å²) < 4.78 is 0. The van der Waals surface area contributed by atoms with Crippen molar-refractivity contribution in [3.63, 3.8) is 0 Å². The van der Waals surface area contributed by atoms with Crippen molar-refractivity contribution >= 4 is 17.4 Å². The number of rotatable bonds is 3. The van der Waals surface area contributed by atoms with Crippen LogP contribution < -0.4 is 10.4 Å². The Hall–Kier alpha value is -1.63. The number of Topliss-reactive ketones (excluding diaryl/α,β-unsaturated/α-hetero) is 1. The van der Waals surface area contributed by atoms with E-state index in [0.717, 1.165) is 34.4 Å². The molecular weight excluding hydrogens is 220 g/mol. The fourth-order valence-electron chi connectivity index (χ4n) is 2.51. The van der Waals surface area contributed by atoms with Crippen molar-refractivity contribution in [3.8, 4) is 0 Å².